The minimum absolute atomic E-state index is 0.238. The Kier molecular flexibility index (Phi) is 6.55. The van der Waals surface area contributed by atoms with Gasteiger partial charge in [-0.3, -0.25) is 0 Å². The fourth-order valence-electron chi connectivity index (χ4n) is 4.20. The topological polar surface area (TPSA) is 55.4 Å². The highest BCUT2D eigenvalue weighted by Gasteiger charge is 2.24. The zero-order valence-corrected chi connectivity index (χ0v) is 18.3. The first-order valence-corrected chi connectivity index (χ1v) is 12.2. The molecule has 0 amide bonds. The molecule has 1 saturated carbocycles. The van der Waals surface area contributed by atoms with Gasteiger partial charge in [-0.2, -0.15) is 0 Å². The third-order valence-corrected chi connectivity index (χ3v) is 7.38. The molecule has 0 saturated heterocycles. The highest BCUT2D eigenvalue weighted by Crippen LogP contribution is 2.28. The quantitative estimate of drug-likeness (QED) is 0.696. The molecule has 0 bridgehead atoms. The zero-order valence-electron chi connectivity index (χ0n) is 17.5. The van der Waals surface area contributed by atoms with Crippen molar-refractivity contribution >= 4 is 15.6 Å². The summed E-state index contributed by atoms with van der Waals surface area (Å²) in [7, 11) is -3.59. The summed E-state index contributed by atoms with van der Waals surface area (Å²) in [5.41, 5.74) is 9.03. The minimum Gasteiger partial charge on any atom is -0.371 e. The molecule has 2 aromatic carbocycles. The van der Waals surface area contributed by atoms with Crippen molar-refractivity contribution in [1.29, 1.82) is 0 Å². The summed E-state index contributed by atoms with van der Waals surface area (Å²) in [6.07, 6.45) is 6.02. The predicted molar refractivity (Wildman–Crippen MR) is 120 cm³/mol. The lowest BCUT2D eigenvalue weighted by molar-refractivity contribution is 0.146. The zero-order chi connectivity index (χ0) is 21.0. The molecule has 2 aromatic rings. The van der Waals surface area contributed by atoms with Crippen LogP contribution >= 0.6 is 0 Å². The van der Waals surface area contributed by atoms with Crippen LogP contribution in [0.4, 0.5) is 0 Å². The normalized spacial score (nSPS) is 20.1. The molecular weight excluding hydrogens is 394 g/mol. The Morgan fingerprint density at radius 2 is 1.73 bits per heavy atom. The van der Waals surface area contributed by atoms with E-state index in [4.69, 9.17) is 4.74 Å². The summed E-state index contributed by atoms with van der Waals surface area (Å²) in [5.74, 6) is 0. The van der Waals surface area contributed by atoms with Crippen molar-refractivity contribution < 1.29 is 13.2 Å². The molecule has 0 radical (unpaired) electrons. The van der Waals surface area contributed by atoms with Crippen LogP contribution in [0.2, 0.25) is 0 Å². The van der Waals surface area contributed by atoms with Crippen molar-refractivity contribution in [1.82, 2.24) is 4.72 Å². The van der Waals surface area contributed by atoms with Gasteiger partial charge in [-0.05, 0) is 55.0 Å². The van der Waals surface area contributed by atoms with Gasteiger partial charge < -0.3 is 4.74 Å². The molecule has 1 aliphatic heterocycles. The number of sulfonamides is 1. The standard InChI is InChI=1S/C25H29NO3S/c1-19-12-14-23(15-13-19)30(27,28)26-25-11-5-3-2-4-8-20(25)16-22-18-29-17-21-9-6-7-10-24(21)22/h6-7,9-10,12-15,25-26H,2-5,8,11,17-18H2,1H3. The maximum Gasteiger partial charge on any atom is 0.241 e. The van der Waals surface area contributed by atoms with E-state index in [1.807, 2.05) is 31.2 Å². The first-order valence-electron chi connectivity index (χ1n) is 10.8. The second-order valence-electron chi connectivity index (χ2n) is 8.22. The van der Waals surface area contributed by atoms with Gasteiger partial charge in [0.25, 0.3) is 0 Å². The van der Waals surface area contributed by atoms with Crippen LogP contribution in [0.5, 0.6) is 0 Å². The lowest BCUT2D eigenvalue weighted by Crippen LogP contribution is -2.36. The molecule has 30 heavy (non-hydrogen) atoms. The highest BCUT2D eigenvalue weighted by atomic mass is 32.2. The first kappa shape index (κ1) is 21.1. The van der Waals surface area contributed by atoms with Gasteiger partial charge in [-0.1, -0.05) is 61.2 Å². The number of fused-ring (bicyclic) bond motifs is 1. The molecule has 0 spiro atoms. The molecule has 2 aliphatic rings. The summed E-state index contributed by atoms with van der Waals surface area (Å²) in [6.45, 7) is 3.08. The van der Waals surface area contributed by atoms with E-state index < -0.39 is 10.0 Å². The third kappa shape index (κ3) is 4.93. The molecule has 1 heterocycles. The van der Waals surface area contributed by atoms with E-state index in [2.05, 4.69) is 22.6 Å². The molecule has 4 rings (SSSR count). The van der Waals surface area contributed by atoms with Crippen molar-refractivity contribution in [2.75, 3.05) is 6.61 Å². The molecule has 1 fully saturated rings. The van der Waals surface area contributed by atoms with Crippen molar-refractivity contribution in [3.05, 3.63) is 76.5 Å². The number of rotatable bonds is 3. The van der Waals surface area contributed by atoms with Crippen molar-refractivity contribution in [2.45, 2.75) is 63.0 Å². The molecule has 0 aromatic heterocycles. The fourth-order valence-corrected chi connectivity index (χ4v) is 5.46. The monoisotopic (exact) mass is 423 g/mol. The SMILES string of the molecule is Cc1ccc(S(=O)(=O)NC2CCCCCCC2=C=C2COCc3ccccc32)cc1. The molecule has 4 nitrogen and oxygen atoms in total. The minimum atomic E-state index is -3.59. The van der Waals surface area contributed by atoms with Crippen LogP contribution in [0, 0.1) is 6.92 Å². The molecule has 1 N–H and O–H groups in total. The number of ether oxygens (including phenoxy) is 1. The van der Waals surface area contributed by atoms with Gasteiger partial charge >= 0.3 is 0 Å². The Morgan fingerprint density at radius 1 is 0.967 bits per heavy atom. The molecule has 1 aliphatic carbocycles. The Labute approximate surface area is 179 Å². The summed E-state index contributed by atoms with van der Waals surface area (Å²) >= 11 is 0. The summed E-state index contributed by atoms with van der Waals surface area (Å²) in [6, 6.07) is 15.0. The average molecular weight is 424 g/mol. The van der Waals surface area contributed by atoms with Crippen LogP contribution in [-0.4, -0.2) is 21.1 Å². The van der Waals surface area contributed by atoms with E-state index in [1.165, 1.54) is 12.0 Å². The summed E-state index contributed by atoms with van der Waals surface area (Å²) in [4.78, 5) is 0.313. The second-order valence-corrected chi connectivity index (χ2v) is 9.93. The van der Waals surface area contributed by atoms with Crippen molar-refractivity contribution in [3.8, 4) is 0 Å². The smallest absolute Gasteiger partial charge is 0.241 e. The number of nitrogens with one attached hydrogen (secondary N) is 1. The largest absolute Gasteiger partial charge is 0.371 e. The van der Waals surface area contributed by atoms with Gasteiger partial charge in [0, 0.05) is 5.57 Å². The van der Waals surface area contributed by atoms with Crippen LogP contribution in [-0.2, 0) is 21.4 Å². The van der Waals surface area contributed by atoms with Crippen LogP contribution in [0.3, 0.4) is 0 Å². The second kappa shape index (κ2) is 9.32. The Bertz CT molecular complexity index is 1060. The molecule has 158 valence electrons. The number of aryl methyl sites for hydroxylation is 1. The van der Waals surface area contributed by atoms with E-state index >= 15 is 0 Å². The van der Waals surface area contributed by atoms with E-state index in [0.717, 1.165) is 54.4 Å². The lowest BCUT2D eigenvalue weighted by atomic mass is 9.91. The number of hydrogen-bond acceptors (Lipinski definition) is 3. The average Bonchev–Trinajstić information content (AvgIpc) is 2.73. The molecular formula is C25H29NO3S. The van der Waals surface area contributed by atoms with Crippen LogP contribution in [0.15, 0.2) is 64.7 Å². The van der Waals surface area contributed by atoms with E-state index in [9.17, 15) is 8.42 Å². The van der Waals surface area contributed by atoms with Gasteiger partial charge in [0.1, 0.15) is 0 Å². The van der Waals surface area contributed by atoms with Crippen molar-refractivity contribution in [2.24, 2.45) is 0 Å². The van der Waals surface area contributed by atoms with Crippen LogP contribution < -0.4 is 4.72 Å². The Hall–Kier alpha value is -2.17. The predicted octanol–water partition coefficient (Wildman–Crippen LogP) is 5.14. The van der Waals surface area contributed by atoms with E-state index in [0.29, 0.717) is 18.1 Å². The van der Waals surface area contributed by atoms with Gasteiger partial charge in [-0.15, -0.1) is 5.73 Å². The van der Waals surface area contributed by atoms with Gasteiger partial charge in [0.2, 0.25) is 10.0 Å². The summed E-state index contributed by atoms with van der Waals surface area (Å²) in [5, 5.41) is 0. The van der Waals surface area contributed by atoms with E-state index in [-0.39, 0.29) is 6.04 Å². The number of benzene rings is 2. The highest BCUT2D eigenvalue weighted by molar-refractivity contribution is 7.89. The van der Waals surface area contributed by atoms with Crippen LogP contribution in [0.1, 0.15) is 55.2 Å². The maximum atomic E-state index is 13.1. The van der Waals surface area contributed by atoms with Crippen LogP contribution in [0.25, 0.3) is 5.57 Å². The van der Waals surface area contributed by atoms with E-state index in [1.54, 1.807) is 12.1 Å². The Balaban J connectivity index is 1.71. The summed E-state index contributed by atoms with van der Waals surface area (Å²) < 4.78 is 34.9. The van der Waals surface area contributed by atoms with Gasteiger partial charge in [0.05, 0.1) is 24.2 Å². The molecule has 5 heteroatoms. The molecule has 1 atom stereocenters. The third-order valence-electron chi connectivity index (χ3n) is 5.90. The lowest BCUT2D eigenvalue weighted by Gasteiger charge is -2.24. The molecule has 1 unspecified atom stereocenters. The maximum absolute atomic E-state index is 13.1. The Morgan fingerprint density at radius 3 is 2.57 bits per heavy atom. The van der Waals surface area contributed by atoms with Crippen molar-refractivity contribution in [3.63, 3.8) is 0 Å². The fraction of sp³-hybridized carbons (Fsp3) is 0.400. The number of hydrogen-bond donors (Lipinski definition) is 1. The first-order chi connectivity index (χ1) is 14.5. The van der Waals surface area contributed by atoms with Gasteiger partial charge in [0.15, 0.2) is 0 Å². The van der Waals surface area contributed by atoms with Gasteiger partial charge in [-0.25, -0.2) is 13.1 Å².